The van der Waals surface area contributed by atoms with Crippen LogP contribution in [0.2, 0.25) is 0 Å². The van der Waals surface area contributed by atoms with Crippen molar-refractivity contribution in [2.75, 3.05) is 32.0 Å². The van der Waals surface area contributed by atoms with Crippen LogP contribution in [-0.4, -0.2) is 46.9 Å². The molecule has 7 heteroatoms. The van der Waals surface area contributed by atoms with Crippen molar-refractivity contribution in [1.82, 2.24) is 14.7 Å². The van der Waals surface area contributed by atoms with E-state index in [4.69, 9.17) is 15.6 Å². The van der Waals surface area contributed by atoms with E-state index in [0.29, 0.717) is 37.8 Å². The number of para-hydroxylation sites is 1. The molecule has 2 aromatic carbocycles. The number of carbonyl (C=O) groups is 1. The molecule has 0 spiro atoms. The molecule has 5 rings (SSSR count). The van der Waals surface area contributed by atoms with Crippen LogP contribution in [0.25, 0.3) is 16.9 Å². The molecule has 28 heavy (non-hydrogen) atoms. The highest BCUT2D eigenvalue weighted by Gasteiger charge is 2.31. The summed E-state index contributed by atoms with van der Waals surface area (Å²) < 4.78 is 7.30. The van der Waals surface area contributed by atoms with Crippen LogP contribution in [0.1, 0.15) is 16.1 Å². The van der Waals surface area contributed by atoms with Crippen molar-refractivity contribution in [3.8, 4) is 16.9 Å². The first-order valence-electron chi connectivity index (χ1n) is 9.29. The van der Waals surface area contributed by atoms with Crippen LogP contribution < -0.4 is 5.73 Å². The molecule has 0 atom stereocenters. The maximum absolute atomic E-state index is 13.2. The first-order chi connectivity index (χ1) is 13.7. The van der Waals surface area contributed by atoms with Crippen LogP contribution in [0.5, 0.6) is 0 Å². The van der Waals surface area contributed by atoms with E-state index in [-0.39, 0.29) is 5.91 Å². The van der Waals surface area contributed by atoms with Crippen molar-refractivity contribution in [1.29, 1.82) is 0 Å². The third-order valence-electron chi connectivity index (χ3n) is 5.12. The normalized spacial score (nSPS) is 15.8. The van der Waals surface area contributed by atoms with Crippen molar-refractivity contribution in [2.45, 2.75) is 10.6 Å². The van der Waals surface area contributed by atoms with Crippen LogP contribution in [0.15, 0.2) is 53.4 Å². The minimum atomic E-state index is -0.0197. The quantitative estimate of drug-likeness (QED) is 0.678. The van der Waals surface area contributed by atoms with Gasteiger partial charge in [0.15, 0.2) is 5.69 Å². The van der Waals surface area contributed by atoms with E-state index < -0.39 is 0 Å². The van der Waals surface area contributed by atoms with E-state index in [0.717, 1.165) is 33.1 Å². The predicted octanol–water partition coefficient (Wildman–Crippen LogP) is 3.20. The van der Waals surface area contributed by atoms with E-state index in [1.54, 1.807) is 11.8 Å². The standard InChI is InChI=1S/C21H20N4O2S/c22-14-6-7-16-18(12-14)28-13-17-19(21(26)24-8-10-27-11-9-24)23-25(20(16)17)15-4-2-1-3-5-15/h1-7,12H,8-11,13,22H2. The average molecular weight is 392 g/mol. The van der Waals surface area contributed by atoms with Crippen LogP contribution in [-0.2, 0) is 10.5 Å². The van der Waals surface area contributed by atoms with Crippen molar-refractivity contribution in [2.24, 2.45) is 0 Å². The maximum atomic E-state index is 13.2. The Labute approximate surface area is 167 Å². The van der Waals surface area contributed by atoms with Gasteiger partial charge in [-0.3, -0.25) is 4.79 Å². The fourth-order valence-corrected chi connectivity index (χ4v) is 4.82. The Kier molecular flexibility index (Phi) is 4.33. The molecule has 2 aliphatic heterocycles. The largest absolute Gasteiger partial charge is 0.399 e. The fraction of sp³-hybridized carbons (Fsp3) is 0.238. The molecule has 1 amide bonds. The molecule has 0 aliphatic carbocycles. The molecule has 0 radical (unpaired) electrons. The lowest BCUT2D eigenvalue weighted by molar-refractivity contribution is 0.0298. The number of carbonyl (C=O) groups excluding carboxylic acids is 1. The second-order valence-corrected chi connectivity index (χ2v) is 7.89. The highest BCUT2D eigenvalue weighted by atomic mass is 32.2. The van der Waals surface area contributed by atoms with Gasteiger partial charge in [-0.05, 0) is 30.3 Å². The number of nitrogens with zero attached hydrogens (tertiary/aromatic N) is 3. The summed E-state index contributed by atoms with van der Waals surface area (Å²) in [6.45, 7) is 2.35. The summed E-state index contributed by atoms with van der Waals surface area (Å²) in [5.41, 5.74) is 11.3. The Balaban J connectivity index is 1.69. The molecule has 0 bridgehead atoms. The van der Waals surface area contributed by atoms with Gasteiger partial charge in [-0.15, -0.1) is 11.8 Å². The number of aromatic nitrogens is 2. The fourth-order valence-electron chi connectivity index (χ4n) is 3.71. The van der Waals surface area contributed by atoms with Crippen LogP contribution in [0, 0.1) is 0 Å². The zero-order valence-corrected chi connectivity index (χ0v) is 16.1. The van der Waals surface area contributed by atoms with Crippen LogP contribution >= 0.6 is 11.8 Å². The van der Waals surface area contributed by atoms with Crippen molar-refractivity contribution < 1.29 is 9.53 Å². The molecule has 3 aromatic rings. The second-order valence-electron chi connectivity index (χ2n) is 6.87. The van der Waals surface area contributed by atoms with E-state index in [9.17, 15) is 4.79 Å². The Morgan fingerprint density at radius 1 is 1.11 bits per heavy atom. The van der Waals surface area contributed by atoms with E-state index in [2.05, 4.69) is 0 Å². The number of nitrogen functional groups attached to an aromatic ring is 1. The molecule has 142 valence electrons. The van der Waals surface area contributed by atoms with Gasteiger partial charge in [0.2, 0.25) is 0 Å². The molecule has 0 saturated carbocycles. The topological polar surface area (TPSA) is 73.4 Å². The monoisotopic (exact) mass is 392 g/mol. The number of thioether (sulfide) groups is 1. The predicted molar refractivity (Wildman–Crippen MR) is 110 cm³/mol. The van der Waals surface area contributed by atoms with Gasteiger partial charge in [0.25, 0.3) is 5.91 Å². The minimum Gasteiger partial charge on any atom is -0.399 e. The zero-order valence-electron chi connectivity index (χ0n) is 15.3. The third kappa shape index (κ3) is 2.87. The Hall–Kier alpha value is -2.77. The average Bonchev–Trinajstić information content (AvgIpc) is 3.14. The molecular weight excluding hydrogens is 372 g/mol. The number of nitrogens with two attached hydrogens (primary N) is 1. The van der Waals surface area contributed by atoms with Gasteiger partial charge in [0.05, 0.1) is 24.6 Å². The maximum Gasteiger partial charge on any atom is 0.274 e. The Bertz CT molecular complexity index is 1040. The summed E-state index contributed by atoms with van der Waals surface area (Å²) in [5, 5.41) is 4.80. The van der Waals surface area contributed by atoms with Gasteiger partial charge in [0, 0.05) is 40.6 Å². The van der Waals surface area contributed by atoms with Crippen LogP contribution in [0.3, 0.4) is 0 Å². The summed E-state index contributed by atoms with van der Waals surface area (Å²) in [7, 11) is 0. The SMILES string of the molecule is Nc1ccc2c(c1)SCc1c(C(=O)N3CCOCC3)nn(-c3ccccc3)c1-2. The van der Waals surface area contributed by atoms with Crippen LogP contribution in [0.4, 0.5) is 5.69 Å². The van der Waals surface area contributed by atoms with Crippen molar-refractivity contribution >= 4 is 23.4 Å². The minimum absolute atomic E-state index is 0.0197. The first kappa shape index (κ1) is 17.3. The van der Waals surface area contributed by atoms with Crippen molar-refractivity contribution in [3.05, 3.63) is 59.8 Å². The molecule has 1 fully saturated rings. The molecule has 0 unspecified atom stereocenters. The zero-order chi connectivity index (χ0) is 19.1. The summed E-state index contributed by atoms with van der Waals surface area (Å²) >= 11 is 1.70. The molecule has 2 N–H and O–H groups in total. The lowest BCUT2D eigenvalue weighted by atomic mass is 10.0. The van der Waals surface area contributed by atoms with Gasteiger partial charge >= 0.3 is 0 Å². The molecule has 1 saturated heterocycles. The highest BCUT2D eigenvalue weighted by molar-refractivity contribution is 7.98. The second kappa shape index (κ2) is 7.00. The van der Waals surface area contributed by atoms with Gasteiger partial charge in [-0.1, -0.05) is 18.2 Å². The smallest absolute Gasteiger partial charge is 0.274 e. The van der Waals surface area contributed by atoms with E-state index in [1.165, 1.54) is 0 Å². The van der Waals surface area contributed by atoms with E-state index >= 15 is 0 Å². The molecule has 3 heterocycles. The number of ether oxygens (including phenoxy) is 1. The molecule has 6 nitrogen and oxygen atoms in total. The van der Waals surface area contributed by atoms with Gasteiger partial charge in [-0.25, -0.2) is 4.68 Å². The van der Waals surface area contributed by atoms with Gasteiger partial charge < -0.3 is 15.4 Å². The third-order valence-corrected chi connectivity index (χ3v) is 6.20. The Morgan fingerprint density at radius 2 is 1.89 bits per heavy atom. The van der Waals surface area contributed by atoms with Gasteiger partial charge in [-0.2, -0.15) is 5.10 Å². The highest BCUT2D eigenvalue weighted by Crippen LogP contribution is 2.44. The molecular formula is C21H20N4O2S. The summed E-state index contributed by atoms with van der Waals surface area (Å²) in [6.07, 6.45) is 0. The number of hydrogen-bond acceptors (Lipinski definition) is 5. The number of rotatable bonds is 2. The number of benzene rings is 2. The first-order valence-corrected chi connectivity index (χ1v) is 10.3. The van der Waals surface area contributed by atoms with Crippen molar-refractivity contribution in [3.63, 3.8) is 0 Å². The Morgan fingerprint density at radius 3 is 2.68 bits per heavy atom. The summed E-state index contributed by atoms with van der Waals surface area (Å²) in [4.78, 5) is 16.2. The lowest BCUT2D eigenvalue weighted by Crippen LogP contribution is -2.41. The number of morpholine rings is 1. The lowest BCUT2D eigenvalue weighted by Gasteiger charge is -2.26. The summed E-state index contributed by atoms with van der Waals surface area (Å²) in [6, 6.07) is 15.9. The molecule has 1 aromatic heterocycles. The number of amides is 1. The summed E-state index contributed by atoms with van der Waals surface area (Å²) in [5.74, 6) is 0.679. The number of anilines is 1. The number of hydrogen-bond donors (Lipinski definition) is 1. The van der Waals surface area contributed by atoms with Gasteiger partial charge in [0.1, 0.15) is 0 Å². The number of fused-ring (bicyclic) bond motifs is 3. The van der Waals surface area contributed by atoms with E-state index in [1.807, 2.05) is 58.1 Å². The molecule has 2 aliphatic rings.